The topological polar surface area (TPSA) is 88.8 Å². The quantitative estimate of drug-likeness (QED) is 0.592. The smallest absolute Gasteiger partial charge is 0.292 e. The van der Waals surface area contributed by atoms with Crippen molar-refractivity contribution in [3.8, 4) is 5.75 Å². The summed E-state index contributed by atoms with van der Waals surface area (Å²) in [6.07, 6.45) is 4.38. The lowest BCUT2D eigenvalue weighted by molar-refractivity contribution is -0.137. The summed E-state index contributed by atoms with van der Waals surface area (Å²) >= 11 is 0. The van der Waals surface area contributed by atoms with Crippen LogP contribution in [0.15, 0.2) is 65.4 Å². The van der Waals surface area contributed by atoms with Gasteiger partial charge in [-0.05, 0) is 42.7 Å². The number of amides is 2. The summed E-state index contributed by atoms with van der Waals surface area (Å²) in [5.41, 5.74) is 1.75. The molecule has 1 aliphatic heterocycles. The van der Waals surface area contributed by atoms with Crippen LogP contribution in [-0.2, 0) is 4.79 Å². The molecule has 0 N–H and O–H groups in total. The molecule has 3 heterocycles. The first-order valence-corrected chi connectivity index (χ1v) is 10.6. The van der Waals surface area contributed by atoms with E-state index in [2.05, 4.69) is 10.1 Å². The molecule has 166 valence electrons. The van der Waals surface area contributed by atoms with Gasteiger partial charge < -0.3 is 19.1 Å². The molecule has 2 aromatic heterocycles. The maximum Gasteiger partial charge on any atom is 0.292 e. The first-order chi connectivity index (χ1) is 15.6. The van der Waals surface area contributed by atoms with Crippen molar-refractivity contribution in [1.82, 2.24) is 19.9 Å². The van der Waals surface area contributed by atoms with Crippen LogP contribution >= 0.6 is 0 Å². The van der Waals surface area contributed by atoms with Crippen molar-refractivity contribution in [2.45, 2.75) is 18.9 Å². The molecule has 8 heteroatoms. The molecule has 3 aromatic rings. The fraction of sp³-hybridized carbons (Fsp3) is 0.333. The molecule has 1 atom stereocenters. The summed E-state index contributed by atoms with van der Waals surface area (Å²) in [7, 11) is 3.44. The highest BCUT2D eigenvalue weighted by Crippen LogP contribution is 2.31. The average Bonchev–Trinajstić information content (AvgIpc) is 3.39. The molecule has 8 nitrogen and oxygen atoms in total. The highest BCUT2D eigenvalue weighted by Gasteiger charge is 2.33. The number of likely N-dealkylation sites (tertiary alicyclic amines) is 1. The van der Waals surface area contributed by atoms with E-state index in [1.165, 1.54) is 6.20 Å². The minimum Gasteiger partial charge on any atom is -0.497 e. The van der Waals surface area contributed by atoms with E-state index in [9.17, 15) is 9.59 Å². The number of piperidine rings is 1. The second-order valence-corrected chi connectivity index (χ2v) is 7.82. The molecule has 1 saturated heterocycles. The molecule has 2 amide bonds. The SMILES string of the molecule is COc1ccc(C(c2ccccn2)N(C)C(=O)C2CCN(C(=O)c3ccno3)CC2)cc1. The molecule has 0 radical (unpaired) electrons. The Morgan fingerprint density at radius 3 is 2.44 bits per heavy atom. The highest BCUT2D eigenvalue weighted by molar-refractivity contribution is 5.91. The largest absolute Gasteiger partial charge is 0.497 e. The van der Waals surface area contributed by atoms with Gasteiger partial charge in [-0.3, -0.25) is 14.6 Å². The minimum absolute atomic E-state index is 0.0447. The fourth-order valence-electron chi connectivity index (χ4n) is 4.14. The van der Waals surface area contributed by atoms with Crippen LogP contribution in [0.25, 0.3) is 0 Å². The molecule has 1 aliphatic rings. The molecule has 0 aliphatic carbocycles. The van der Waals surface area contributed by atoms with E-state index >= 15 is 0 Å². The summed E-state index contributed by atoms with van der Waals surface area (Å²) in [6.45, 7) is 1.00. The van der Waals surface area contributed by atoms with Crippen molar-refractivity contribution in [3.63, 3.8) is 0 Å². The number of carbonyl (C=O) groups excluding carboxylic acids is 2. The van der Waals surface area contributed by atoms with Crippen molar-refractivity contribution < 1.29 is 18.8 Å². The van der Waals surface area contributed by atoms with Gasteiger partial charge in [0.25, 0.3) is 5.91 Å². The van der Waals surface area contributed by atoms with E-state index < -0.39 is 0 Å². The standard InChI is InChI=1S/C24H26N4O4/c1-27(22(20-5-3-4-13-25-20)17-6-8-19(31-2)9-7-17)23(29)18-11-15-28(16-12-18)24(30)21-10-14-26-32-21/h3-10,13-14,18,22H,11-12,15-16H2,1-2H3. The van der Waals surface area contributed by atoms with Crippen molar-refractivity contribution >= 4 is 11.8 Å². The van der Waals surface area contributed by atoms with Gasteiger partial charge in [-0.25, -0.2) is 0 Å². The van der Waals surface area contributed by atoms with Crippen LogP contribution in [0.3, 0.4) is 0 Å². The Morgan fingerprint density at radius 2 is 1.84 bits per heavy atom. The Balaban J connectivity index is 1.49. The third-order valence-corrected chi connectivity index (χ3v) is 5.91. The first kappa shape index (κ1) is 21.5. The Kier molecular flexibility index (Phi) is 6.49. The molecule has 0 saturated carbocycles. The van der Waals surface area contributed by atoms with Gasteiger partial charge in [-0.2, -0.15) is 0 Å². The van der Waals surface area contributed by atoms with E-state index in [4.69, 9.17) is 9.26 Å². The van der Waals surface area contributed by atoms with Crippen LogP contribution < -0.4 is 4.74 Å². The van der Waals surface area contributed by atoms with Gasteiger partial charge in [0.05, 0.1) is 25.0 Å². The number of nitrogens with zero attached hydrogens (tertiary/aromatic N) is 4. The number of rotatable bonds is 6. The van der Waals surface area contributed by atoms with E-state index in [0.717, 1.165) is 17.0 Å². The summed E-state index contributed by atoms with van der Waals surface area (Å²) in [4.78, 5) is 33.9. The zero-order valence-electron chi connectivity index (χ0n) is 18.2. The zero-order valence-corrected chi connectivity index (χ0v) is 18.2. The van der Waals surface area contributed by atoms with E-state index in [1.807, 2.05) is 49.5 Å². The Bertz CT molecular complexity index is 1030. The van der Waals surface area contributed by atoms with Crippen LogP contribution in [0.1, 0.15) is 40.7 Å². The molecule has 1 unspecified atom stereocenters. The van der Waals surface area contributed by atoms with Crippen molar-refractivity contribution in [2.24, 2.45) is 5.92 Å². The van der Waals surface area contributed by atoms with Gasteiger partial charge in [-0.1, -0.05) is 23.4 Å². The van der Waals surface area contributed by atoms with Crippen molar-refractivity contribution in [2.75, 3.05) is 27.2 Å². The van der Waals surface area contributed by atoms with E-state index in [0.29, 0.717) is 25.9 Å². The van der Waals surface area contributed by atoms with Gasteiger partial charge >= 0.3 is 0 Å². The first-order valence-electron chi connectivity index (χ1n) is 10.6. The van der Waals surface area contributed by atoms with Crippen LogP contribution in [-0.4, -0.2) is 59.0 Å². The number of pyridine rings is 1. The second kappa shape index (κ2) is 9.64. The second-order valence-electron chi connectivity index (χ2n) is 7.82. The molecule has 1 aromatic carbocycles. The fourth-order valence-corrected chi connectivity index (χ4v) is 4.14. The third kappa shape index (κ3) is 4.49. The number of methoxy groups -OCH3 is 1. The lowest BCUT2D eigenvalue weighted by Crippen LogP contribution is -2.44. The van der Waals surface area contributed by atoms with Crippen molar-refractivity contribution in [1.29, 1.82) is 0 Å². The molecule has 1 fully saturated rings. The summed E-state index contributed by atoms with van der Waals surface area (Å²) in [6, 6.07) is 14.6. The predicted octanol–water partition coefficient (Wildman–Crippen LogP) is 3.18. The van der Waals surface area contributed by atoms with Crippen LogP contribution in [0, 0.1) is 5.92 Å². The molecule has 32 heavy (non-hydrogen) atoms. The van der Waals surface area contributed by atoms with Gasteiger partial charge in [-0.15, -0.1) is 0 Å². The monoisotopic (exact) mass is 434 g/mol. The summed E-state index contributed by atoms with van der Waals surface area (Å²) in [5, 5.41) is 3.60. The Hall–Kier alpha value is -3.68. The van der Waals surface area contributed by atoms with Gasteiger partial charge in [0.15, 0.2) is 0 Å². The molecule has 0 bridgehead atoms. The molecular formula is C24H26N4O4. The number of carbonyl (C=O) groups is 2. The van der Waals surface area contributed by atoms with Crippen LogP contribution in [0.4, 0.5) is 0 Å². The number of hydrogen-bond acceptors (Lipinski definition) is 6. The van der Waals surface area contributed by atoms with Gasteiger partial charge in [0.2, 0.25) is 11.7 Å². The average molecular weight is 434 g/mol. The molecule has 0 spiro atoms. The Labute approximate surface area is 186 Å². The zero-order chi connectivity index (χ0) is 22.5. The third-order valence-electron chi connectivity index (χ3n) is 5.91. The summed E-state index contributed by atoms with van der Waals surface area (Å²) in [5.74, 6) is 0.672. The van der Waals surface area contributed by atoms with Crippen LogP contribution in [0.5, 0.6) is 5.75 Å². The number of aromatic nitrogens is 2. The maximum absolute atomic E-state index is 13.5. The molecular weight excluding hydrogens is 408 g/mol. The minimum atomic E-state index is -0.316. The van der Waals surface area contributed by atoms with Crippen molar-refractivity contribution in [3.05, 3.63) is 77.9 Å². The molecule has 4 rings (SSSR count). The lowest BCUT2D eigenvalue weighted by atomic mass is 9.93. The van der Waals surface area contributed by atoms with E-state index in [1.54, 1.807) is 29.2 Å². The Morgan fingerprint density at radius 1 is 1.09 bits per heavy atom. The summed E-state index contributed by atoms with van der Waals surface area (Å²) < 4.78 is 10.2. The maximum atomic E-state index is 13.5. The highest BCUT2D eigenvalue weighted by atomic mass is 16.5. The normalized spacial score (nSPS) is 15.2. The number of hydrogen-bond donors (Lipinski definition) is 0. The van der Waals surface area contributed by atoms with E-state index in [-0.39, 0.29) is 29.5 Å². The number of benzene rings is 1. The predicted molar refractivity (Wildman–Crippen MR) is 117 cm³/mol. The van der Waals surface area contributed by atoms with Gasteiger partial charge in [0.1, 0.15) is 5.75 Å². The van der Waals surface area contributed by atoms with Crippen LogP contribution in [0.2, 0.25) is 0 Å². The lowest BCUT2D eigenvalue weighted by Gasteiger charge is -2.35. The van der Waals surface area contributed by atoms with Gasteiger partial charge in [0, 0.05) is 38.3 Å². The number of ether oxygens (including phenoxy) is 1.